The number of hydrogen-bond donors (Lipinski definition) is 0. The van der Waals surface area contributed by atoms with Crippen LogP contribution in [0.5, 0.6) is 0 Å². The molecule has 1 atom stereocenters. The summed E-state index contributed by atoms with van der Waals surface area (Å²) >= 11 is 1.24. The Morgan fingerprint density at radius 3 is 2.84 bits per heavy atom. The van der Waals surface area contributed by atoms with Crippen LogP contribution in [0.25, 0.3) is 22.0 Å². The first-order valence-electron chi connectivity index (χ1n) is 10.2. The quantitative estimate of drug-likeness (QED) is 0.428. The summed E-state index contributed by atoms with van der Waals surface area (Å²) in [7, 11) is 0. The Morgan fingerprint density at radius 2 is 2.00 bits per heavy atom. The van der Waals surface area contributed by atoms with Crippen LogP contribution >= 0.6 is 11.3 Å². The normalized spacial score (nSPS) is 16.3. The first kappa shape index (κ1) is 20.4. The molecule has 1 aliphatic rings. The predicted octanol–water partition coefficient (Wildman–Crippen LogP) is 5.16. The van der Waals surface area contributed by atoms with E-state index in [0.29, 0.717) is 46.6 Å². The van der Waals surface area contributed by atoms with Gasteiger partial charge in [0.05, 0.1) is 5.92 Å². The van der Waals surface area contributed by atoms with E-state index in [4.69, 9.17) is 4.52 Å². The van der Waals surface area contributed by atoms with E-state index in [0.717, 1.165) is 12.8 Å². The highest BCUT2D eigenvalue weighted by molar-refractivity contribution is 7.13. The van der Waals surface area contributed by atoms with E-state index in [-0.39, 0.29) is 23.5 Å². The molecule has 162 valence electrons. The number of halogens is 2. The van der Waals surface area contributed by atoms with Gasteiger partial charge in [-0.3, -0.25) is 4.79 Å². The van der Waals surface area contributed by atoms with Crippen LogP contribution in [-0.2, 0) is 0 Å². The van der Waals surface area contributed by atoms with Crippen molar-refractivity contribution in [2.45, 2.75) is 18.8 Å². The van der Waals surface area contributed by atoms with Crippen molar-refractivity contribution in [3.05, 3.63) is 77.1 Å². The molecule has 3 heterocycles. The second kappa shape index (κ2) is 8.58. The van der Waals surface area contributed by atoms with Crippen molar-refractivity contribution >= 4 is 17.2 Å². The van der Waals surface area contributed by atoms with E-state index in [1.165, 1.54) is 29.5 Å². The molecule has 1 fully saturated rings. The summed E-state index contributed by atoms with van der Waals surface area (Å²) in [6, 6.07) is 12.4. The van der Waals surface area contributed by atoms with E-state index in [1.807, 2.05) is 0 Å². The van der Waals surface area contributed by atoms with Crippen LogP contribution in [0.4, 0.5) is 8.78 Å². The smallest absolute Gasteiger partial charge is 0.273 e. The molecule has 1 aliphatic heterocycles. The molecular weight excluding hydrogens is 434 g/mol. The molecule has 5 rings (SSSR count). The minimum atomic E-state index is -0.374. The highest BCUT2D eigenvalue weighted by Crippen LogP contribution is 2.30. The molecule has 0 saturated carbocycles. The zero-order chi connectivity index (χ0) is 22.1. The van der Waals surface area contributed by atoms with E-state index >= 15 is 0 Å². The van der Waals surface area contributed by atoms with Crippen LogP contribution in [0, 0.1) is 11.6 Å². The topological polar surface area (TPSA) is 72.1 Å². The number of benzene rings is 2. The van der Waals surface area contributed by atoms with Crippen LogP contribution in [0.2, 0.25) is 0 Å². The lowest BCUT2D eigenvalue weighted by molar-refractivity contribution is 0.0690. The Hall–Kier alpha value is -3.46. The Kier molecular flexibility index (Phi) is 5.48. The lowest BCUT2D eigenvalue weighted by Crippen LogP contribution is -2.39. The van der Waals surface area contributed by atoms with Gasteiger partial charge in [-0.15, -0.1) is 11.3 Å². The summed E-state index contributed by atoms with van der Waals surface area (Å²) < 4.78 is 33.0. The van der Waals surface area contributed by atoms with Crippen LogP contribution in [0.1, 0.15) is 35.1 Å². The van der Waals surface area contributed by atoms with Gasteiger partial charge in [0.1, 0.15) is 22.3 Å². The van der Waals surface area contributed by atoms with Crippen molar-refractivity contribution in [3.63, 3.8) is 0 Å². The second-order valence-corrected chi connectivity index (χ2v) is 8.43. The molecule has 32 heavy (non-hydrogen) atoms. The van der Waals surface area contributed by atoms with Crippen molar-refractivity contribution in [2.24, 2.45) is 0 Å². The van der Waals surface area contributed by atoms with E-state index in [1.54, 1.807) is 40.6 Å². The summed E-state index contributed by atoms with van der Waals surface area (Å²) in [5.41, 5.74) is 1.20. The second-order valence-electron chi connectivity index (χ2n) is 7.57. The van der Waals surface area contributed by atoms with Crippen molar-refractivity contribution in [2.75, 3.05) is 13.1 Å². The minimum absolute atomic E-state index is 0.118. The first-order chi connectivity index (χ1) is 15.6. The number of thiazole rings is 1. The highest BCUT2D eigenvalue weighted by Gasteiger charge is 2.30. The maximum atomic E-state index is 14.1. The average molecular weight is 452 g/mol. The summed E-state index contributed by atoms with van der Waals surface area (Å²) in [4.78, 5) is 23.5. The number of aromatic nitrogens is 3. The summed E-state index contributed by atoms with van der Waals surface area (Å²) in [5, 5.41) is 6.10. The maximum Gasteiger partial charge on any atom is 0.273 e. The van der Waals surface area contributed by atoms with Gasteiger partial charge in [-0.2, -0.15) is 4.98 Å². The number of rotatable bonds is 4. The average Bonchev–Trinajstić information content (AvgIpc) is 3.50. The Balaban J connectivity index is 1.31. The molecule has 1 saturated heterocycles. The Bertz CT molecular complexity index is 1270. The fourth-order valence-electron chi connectivity index (χ4n) is 3.80. The van der Waals surface area contributed by atoms with Crippen LogP contribution < -0.4 is 0 Å². The van der Waals surface area contributed by atoms with Crippen LogP contribution in [0.3, 0.4) is 0 Å². The Morgan fingerprint density at radius 1 is 1.12 bits per heavy atom. The molecule has 0 radical (unpaired) electrons. The molecule has 1 amide bonds. The van der Waals surface area contributed by atoms with Gasteiger partial charge in [0.15, 0.2) is 0 Å². The maximum absolute atomic E-state index is 14.1. The number of likely N-dealkylation sites (tertiary alicyclic amines) is 1. The molecule has 0 spiro atoms. The fourth-order valence-corrected chi connectivity index (χ4v) is 4.62. The fraction of sp³-hybridized carbons (Fsp3) is 0.217. The SMILES string of the molecule is O=C(c1csc(-c2ccccc2F)n1)N1CCCC(c2nc(-c3cccc(F)c3)no2)C1. The van der Waals surface area contributed by atoms with Gasteiger partial charge in [-0.25, -0.2) is 13.8 Å². The summed E-state index contributed by atoms with van der Waals surface area (Å²) in [6.07, 6.45) is 1.57. The molecule has 0 aliphatic carbocycles. The van der Waals surface area contributed by atoms with E-state index in [2.05, 4.69) is 15.1 Å². The van der Waals surface area contributed by atoms with Gasteiger partial charge in [-0.1, -0.05) is 29.4 Å². The number of hydrogen-bond acceptors (Lipinski definition) is 6. The first-order valence-corrected chi connectivity index (χ1v) is 11.1. The van der Waals surface area contributed by atoms with Gasteiger partial charge in [0.2, 0.25) is 11.7 Å². The van der Waals surface area contributed by atoms with Crippen molar-refractivity contribution in [3.8, 4) is 22.0 Å². The third kappa shape index (κ3) is 4.03. The van der Waals surface area contributed by atoms with Gasteiger partial charge in [0, 0.05) is 29.6 Å². The predicted molar refractivity (Wildman–Crippen MR) is 115 cm³/mol. The van der Waals surface area contributed by atoms with Crippen molar-refractivity contribution in [1.82, 2.24) is 20.0 Å². The molecule has 0 N–H and O–H groups in total. The standard InChI is InChI=1S/C23H18F2N4O2S/c24-16-7-3-5-14(11-16)20-27-21(31-28-20)15-6-4-10-29(12-15)23(30)19-13-32-22(26-19)17-8-1-2-9-18(17)25/h1-3,5,7-9,11,13,15H,4,6,10,12H2. The molecule has 6 nitrogen and oxygen atoms in total. The number of amides is 1. The lowest BCUT2D eigenvalue weighted by atomic mass is 9.97. The van der Waals surface area contributed by atoms with Gasteiger partial charge < -0.3 is 9.42 Å². The summed E-state index contributed by atoms with van der Waals surface area (Å²) in [5.74, 6) is -0.333. The monoisotopic (exact) mass is 452 g/mol. The van der Waals surface area contributed by atoms with Gasteiger partial charge in [-0.05, 0) is 37.1 Å². The summed E-state index contributed by atoms with van der Waals surface area (Å²) in [6.45, 7) is 1.00. The number of carbonyl (C=O) groups excluding carboxylic acids is 1. The largest absolute Gasteiger partial charge is 0.339 e. The van der Waals surface area contributed by atoms with Crippen molar-refractivity contribution < 1.29 is 18.1 Å². The molecule has 2 aromatic carbocycles. The number of piperidine rings is 1. The number of carbonyl (C=O) groups is 1. The minimum Gasteiger partial charge on any atom is -0.339 e. The third-order valence-corrected chi connectivity index (χ3v) is 6.29. The molecule has 2 aromatic heterocycles. The van der Waals surface area contributed by atoms with Crippen LogP contribution in [0.15, 0.2) is 58.4 Å². The van der Waals surface area contributed by atoms with E-state index < -0.39 is 0 Å². The molecule has 9 heteroatoms. The molecule has 0 bridgehead atoms. The zero-order valence-electron chi connectivity index (χ0n) is 16.9. The molecule has 1 unspecified atom stereocenters. The van der Waals surface area contributed by atoms with Gasteiger partial charge >= 0.3 is 0 Å². The van der Waals surface area contributed by atoms with Gasteiger partial charge in [0.25, 0.3) is 5.91 Å². The van der Waals surface area contributed by atoms with Crippen molar-refractivity contribution in [1.29, 1.82) is 0 Å². The molecular formula is C23H18F2N4O2S. The Labute approximate surface area is 186 Å². The molecule has 4 aromatic rings. The zero-order valence-corrected chi connectivity index (χ0v) is 17.7. The highest BCUT2D eigenvalue weighted by atomic mass is 32.1. The number of nitrogens with zero attached hydrogens (tertiary/aromatic N) is 4. The van der Waals surface area contributed by atoms with E-state index in [9.17, 15) is 13.6 Å². The third-order valence-electron chi connectivity index (χ3n) is 5.41. The lowest BCUT2D eigenvalue weighted by Gasteiger charge is -2.30. The van der Waals surface area contributed by atoms with Crippen LogP contribution in [-0.4, -0.2) is 39.0 Å².